The quantitative estimate of drug-likeness (QED) is 0.459. The maximum Gasteiger partial charge on any atom is 0.226 e. The summed E-state index contributed by atoms with van der Waals surface area (Å²) in [7, 11) is 0. The van der Waals surface area contributed by atoms with Crippen molar-refractivity contribution in [3.63, 3.8) is 0 Å². The number of carbonyl (C=O) groups excluding carboxylic acids is 1. The first-order chi connectivity index (χ1) is 17.0. The SMILES string of the molecule is N[C@H]1CC[C@H](NC(=O)C23CCC4CCC(c5ccccc5)(C2)CC4(CSc2ccccc2)C3)CC1. The third-order valence-electron chi connectivity index (χ3n) is 10.1. The number of fused-ring (bicyclic) bond motifs is 2. The van der Waals surface area contributed by atoms with Gasteiger partial charge >= 0.3 is 0 Å². The van der Waals surface area contributed by atoms with Gasteiger partial charge in [0.05, 0.1) is 5.41 Å². The maximum absolute atomic E-state index is 14.2. The molecular weight excluding hydrogens is 448 g/mol. The lowest BCUT2D eigenvalue weighted by Gasteiger charge is -2.65. The third-order valence-corrected chi connectivity index (χ3v) is 11.4. The van der Waals surface area contributed by atoms with E-state index in [2.05, 4.69) is 66.0 Å². The second-order valence-electron chi connectivity index (χ2n) is 12.3. The van der Waals surface area contributed by atoms with Crippen LogP contribution in [0.1, 0.15) is 76.2 Å². The van der Waals surface area contributed by atoms with Crippen LogP contribution in [-0.2, 0) is 10.2 Å². The molecule has 4 aliphatic carbocycles. The van der Waals surface area contributed by atoms with Gasteiger partial charge in [0.15, 0.2) is 0 Å². The van der Waals surface area contributed by atoms with E-state index in [1.165, 1.54) is 36.1 Å². The van der Waals surface area contributed by atoms with Crippen LogP contribution >= 0.6 is 11.8 Å². The Morgan fingerprint density at radius 2 is 1.54 bits per heavy atom. The van der Waals surface area contributed by atoms with Gasteiger partial charge in [-0.1, -0.05) is 48.5 Å². The fourth-order valence-electron chi connectivity index (χ4n) is 8.46. The number of nitrogens with two attached hydrogens (primary N) is 1. The molecule has 0 spiro atoms. The molecule has 4 aliphatic rings. The van der Waals surface area contributed by atoms with Crippen molar-refractivity contribution < 1.29 is 4.79 Å². The Hall–Kier alpha value is -1.78. The zero-order valence-corrected chi connectivity index (χ0v) is 21.7. The zero-order chi connectivity index (χ0) is 23.9. The average molecular weight is 489 g/mol. The van der Waals surface area contributed by atoms with Crippen LogP contribution in [0.15, 0.2) is 65.6 Å². The molecular formula is C31H40N2OS. The summed E-state index contributed by atoms with van der Waals surface area (Å²) >= 11 is 2.02. The lowest BCUT2D eigenvalue weighted by molar-refractivity contribution is -0.156. The summed E-state index contributed by atoms with van der Waals surface area (Å²) in [5, 5.41) is 3.57. The van der Waals surface area contributed by atoms with Gasteiger partial charge in [0.1, 0.15) is 0 Å². The van der Waals surface area contributed by atoms with Crippen LogP contribution in [0.5, 0.6) is 0 Å². The van der Waals surface area contributed by atoms with Gasteiger partial charge in [-0.3, -0.25) is 4.79 Å². The summed E-state index contributed by atoms with van der Waals surface area (Å²) < 4.78 is 0. The first-order valence-electron chi connectivity index (χ1n) is 13.8. The molecule has 4 unspecified atom stereocenters. The van der Waals surface area contributed by atoms with Gasteiger partial charge in [-0.05, 0) is 105 Å². The Kier molecular flexibility index (Phi) is 6.25. The van der Waals surface area contributed by atoms with Gasteiger partial charge < -0.3 is 11.1 Å². The predicted octanol–water partition coefficient (Wildman–Crippen LogP) is 6.46. The molecule has 3 nitrogen and oxygen atoms in total. The standard InChI is InChI=1S/C31H40N2OS/c32-25-11-13-26(14-12-25)33-28(34)30-18-16-24-15-17-29(19-30,23-7-3-1-4-8-23)20-31(24,21-30)22-35-27-9-5-2-6-10-27/h1-10,24-26H,11-22,32H2,(H,33,34)/t24?,25-,26-,29?,30?,31?. The smallest absolute Gasteiger partial charge is 0.226 e. The average Bonchev–Trinajstić information content (AvgIpc) is 2.89. The molecule has 4 saturated carbocycles. The van der Waals surface area contributed by atoms with E-state index in [4.69, 9.17) is 5.73 Å². The number of hydrogen-bond acceptors (Lipinski definition) is 3. The molecule has 2 aromatic carbocycles. The number of rotatable bonds is 6. The fraction of sp³-hybridized carbons (Fsp3) is 0.581. The zero-order valence-electron chi connectivity index (χ0n) is 20.9. The summed E-state index contributed by atoms with van der Waals surface area (Å²) in [6.45, 7) is 0. The molecule has 0 aromatic heterocycles. The summed E-state index contributed by atoms with van der Waals surface area (Å²) in [5.41, 5.74) is 7.75. The second kappa shape index (κ2) is 9.27. The molecule has 4 fully saturated rings. The Morgan fingerprint density at radius 3 is 2.29 bits per heavy atom. The van der Waals surface area contributed by atoms with Crippen molar-refractivity contribution in [2.45, 2.75) is 93.0 Å². The minimum absolute atomic E-state index is 0.125. The van der Waals surface area contributed by atoms with E-state index in [0.29, 0.717) is 18.0 Å². The van der Waals surface area contributed by atoms with Crippen LogP contribution in [0.2, 0.25) is 0 Å². The molecule has 186 valence electrons. The van der Waals surface area contributed by atoms with E-state index >= 15 is 0 Å². The fourth-order valence-corrected chi connectivity index (χ4v) is 9.71. The normalized spacial score (nSPS) is 38.1. The van der Waals surface area contributed by atoms with E-state index in [1.54, 1.807) is 0 Å². The highest BCUT2D eigenvalue weighted by Crippen LogP contribution is 2.69. The molecule has 0 aliphatic heterocycles. The van der Waals surface area contributed by atoms with Crippen molar-refractivity contribution in [2.24, 2.45) is 22.5 Å². The van der Waals surface area contributed by atoms with Crippen LogP contribution in [0.3, 0.4) is 0 Å². The molecule has 2 aromatic rings. The van der Waals surface area contributed by atoms with Crippen LogP contribution < -0.4 is 11.1 Å². The number of hydrogen-bond donors (Lipinski definition) is 2. The van der Waals surface area contributed by atoms with Crippen molar-refractivity contribution >= 4 is 17.7 Å². The van der Waals surface area contributed by atoms with Crippen molar-refractivity contribution in [1.29, 1.82) is 0 Å². The first-order valence-corrected chi connectivity index (χ1v) is 14.8. The first kappa shape index (κ1) is 23.6. The Bertz CT molecular complexity index is 1040. The molecule has 0 radical (unpaired) electrons. The molecule has 4 atom stereocenters. The molecule has 3 bridgehead atoms. The van der Waals surface area contributed by atoms with Crippen LogP contribution in [0.4, 0.5) is 0 Å². The lowest BCUT2D eigenvalue weighted by Crippen LogP contribution is -2.63. The molecule has 0 heterocycles. The second-order valence-corrected chi connectivity index (χ2v) is 13.3. The Balaban J connectivity index is 1.33. The Labute approximate surface area is 215 Å². The van der Waals surface area contributed by atoms with Crippen molar-refractivity contribution in [3.8, 4) is 0 Å². The molecule has 3 N–H and O–H groups in total. The van der Waals surface area contributed by atoms with Gasteiger partial charge in [0, 0.05) is 22.7 Å². The third kappa shape index (κ3) is 4.35. The van der Waals surface area contributed by atoms with Crippen LogP contribution in [0, 0.1) is 16.7 Å². The number of nitrogens with one attached hydrogen (secondary N) is 1. The minimum Gasteiger partial charge on any atom is -0.353 e. The largest absolute Gasteiger partial charge is 0.353 e. The minimum atomic E-state index is -0.234. The predicted molar refractivity (Wildman–Crippen MR) is 144 cm³/mol. The number of amides is 1. The highest BCUT2D eigenvalue weighted by atomic mass is 32.2. The van der Waals surface area contributed by atoms with Crippen molar-refractivity contribution in [1.82, 2.24) is 5.32 Å². The monoisotopic (exact) mass is 488 g/mol. The highest BCUT2D eigenvalue weighted by molar-refractivity contribution is 7.99. The summed E-state index contributed by atoms with van der Waals surface area (Å²) in [4.78, 5) is 15.6. The van der Waals surface area contributed by atoms with Gasteiger partial charge in [0.25, 0.3) is 0 Å². The number of thioether (sulfide) groups is 1. The molecule has 1 amide bonds. The van der Waals surface area contributed by atoms with Crippen molar-refractivity contribution in [2.75, 3.05) is 5.75 Å². The van der Waals surface area contributed by atoms with E-state index in [9.17, 15) is 4.79 Å². The van der Waals surface area contributed by atoms with E-state index in [-0.39, 0.29) is 16.2 Å². The van der Waals surface area contributed by atoms with Crippen molar-refractivity contribution in [3.05, 3.63) is 66.2 Å². The van der Waals surface area contributed by atoms with Crippen LogP contribution in [0.25, 0.3) is 0 Å². The highest BCUT2D eigenvalue weighted by Gasteiger charge is 2.64. The van der Waals surface area contributed by atoms with Gasteiger partial charge in [-0.25, -0.2) is 0 Å². The van der Waals surface area contributed by atoms with Gasteiger partial charge in [0.2, 0.25) is 5.91 Å². The lowest BCUT2D eigenvalue weighted by atomic mass is 9.40. The van der Waals surface area contributed by atoms with Crippen LogP contribution in [-0.4, -0.2) is 23.7 Å². The van der Waals surface area contributed by atoms with E-state index in [0.717, 1.165) is 56.6 Å². The Morgan fingerprint density at radius 1 is 0.857 bits per heavy atom. The molecule has 35 heavy (non-hydrogen) atoms. The summed E-state index contributed by atoms with van der Waals surface area (Å²) in [6, 6.07) is 22.7. The molecule has 6 rings (SSSR count). The summed E-state index contributed by atoms with van der Waals surface area (Å²) in [5.74, 6) is 2.22. The topological polar surface area (TPSA) is 55.1 Å². The van der Waals surface area contributed by atoms with E-state index in [1.807, 2.05) is 11.8 Å². The molecule has 0 saturated heterocycles. The van der Waals surface area contributed by atoms with Gasteiger partial charge in [-0.2, -0.15) is 0 Å². The maximum atomic E-state index is 14.2. The van der Waals surface area contributed by atoms with Gasteiger partial charge in [-0.15, -0.1) is 11.8 Å². The summed E-state index contributed by atoms with van der Waals surface area (Å²) in [6.07, 6.45) is 12.3. The molecule has 4 heteroatoms. The number of carbonyl (C=O) groups is 1. The number of benzene rings is 2. The van der Waals surface area contributed by atoms with E-state index < -0.39 is 0 Å².